The molecule has 0 saturated heterocycles. The van der Waals surface area contributed by atoms with E-state index in [4.69, 9.17) is 11.6 Å². The second kappa shape index (κ2) is 5.75. The van der Waals surface area contributed by atoms with Crippen LogP contribution in [0.15, 0.2) is 16.0 Å². The van der Waals surface area contributed by atoms with E-state index in [2.05, 4.69) is 41.6 Å². The maximum atomic E-state index is 5.72. The van der Waals surface area contributed by atoms with Gasteiger partial charge in [-0.2, -0.15) is 4.98 Å². The first-order valence-corrected chi connectivity index (χ1v) is 7.03. The summed E-state index contributed by atoms with van der Waals surface area (Å²) in [6.07, 6.45) is 2.49. The monoisotopic (exact) mass is 332 g/mol. The van der Waals surface area contributed by atoms with E-state index in [1.165, 1.54) is 0 Å². The van der Waals surface area contributed by atoms with Crippen LogP contribution in [0, 0.1) is 6.92 Å². The van der Waals surface area contributed by atoms with E-state index in [0.717, 1.165) is 28.1 Å². The van der Waals surface area contributed by atoms with Gasteiger partial charge in [0.25, 0.3) is 0 Å². The highest BCUT2D eigenvalue weighted by Crippen LogP contribution is 2.20. The Morgan fingerprint density at radius 3 is 3.00 bits per heavy atom. The zero-order valence-corrected chi connectivity index (χ0v) is 12.2. The summed E-state index contributed by atoms with van der Waals surface area (Å²) >= 11 is 10.7. The Morgan fingerprint density at radius 2 is 2.29 bits per heavy atom. The van der Waals surface area contributed by atoms with Crippen LogP contribution in [-0.4, -0.2) is 21.5 Å². The molecule has 1 N–H and O–H groups in total. The summed E-state index contributed by atoms with van der Waals surface area (Å²) in [6.45, 7) is 2.76. The molecule has 0 amide bonds. The maximum Gasteiger partial charge on any atom is 0.224 e. The molecule has 0 saturated carbocycles. The van der Waals surface area contributed by atoms with Crippen LogP contribution >= 0.6 is 38.9 Å². The third kappa shape index (κ3) is 3.62. The molecule has 2 rings (SSSR count). The molecule has 2 heterocycles. The summed E-state index contributed by atoms with van der Waals surface area (Å²) in [5.74, 6) is 0.706. The lowest BCUT2D eigenvalue weighted by atomic mass is 10.3. The largest absolute Gasteiger partial charge is 0.369 e. The molecule has 0 atom stereocenters. The van der Waals surface area contributed by atoms with Crippen molar-refractivity contribution in [2.75, 3.05) is 11.9 Å². The summed E-state index contributed by atoms with van der Waals surface area (Å²) in [5.41, 5.74) is 1.09. The molecule has 0 spiro atoms. The van der Waals surface area contributed by atoms with E-state index in [1.54, 1.807) is 17.5 Å². The zero-order chi connectivity index (χ0) is 12.3. The molecule has 0 bridgehead atoms. The number of halogens is 2. The Labute approximate surface area is 117 Å². The molecule has 0 aliphatic heterocycles. The molecule has 0 unspecified atom stereocenters. The van der Waals surface area contributed by atoms with Gasteiger partial charge in [0.05, 0.1) is 15.2 Å². The van der Waals surface area contributed by atoms with E-state index in [-0.39, 0.29) is 5.28 Å². The fraction of sp³-hybridized carbons (Fsp3) is 0.300. The number of thiazole rings is 1. The predicted molar refractivity (Wildman–Crippen MR) is 73.8 cm³/mol. The Balaban J connectivity index is 1.91. The number of hydrogen-bond acceptors (Lipinski definition) is 5. The first-order valence-electron chi connectivity index (χ1n) is 4.98. The van der Waals surface area contributed by atoms with Crippen LogP contribution in [0.25, 0.3) is 0 Å². The minimum atomic E-state index is 0.236. The van der Waals surface area contributed by atoms with Gasteiger partial charge in [-0.1, -0.05) is 0 Å². The third-order valence-electron chi connectivity index (χ3n) is 2.05. The van der Waals surface area contributed by atoms with Crippen molar-refractivity contribution >= 4 is 44.7 Å². The molecule has 0 fully saturated rings. The van der Waals surface area contributed by atoms with Gasteiger partial charge in [0.1, 0.15) is 5.82 Å². The average molecular weight is 334 g/mol. The quantitative estimate of drug-likeness (QED) is 0.872. The van der Waals surface area contributed by atoms with Crippen molar-refractivity contribution in [1.29, 1.82) is 0 Å². The van der Waals surface area contributed by atoms with E-state index >= 15 is 0 Å². The number of nitrogens with zero attached hydrogens (tertiary/aromatic N) is 3. The van der Waals surface area contributed by atoms with E-state index in [9.17, 15) is 0 Å². The molecule has 4 nitrogen and oxygen atoms in total. The van der Waals surface area contributed by atoms with Gasteiger partial charge in [0.2, 0.25) is 5.28 Å². The standard InChI is InChI=1S/C10H10BrClN4S/c1-6-15-7(5-17-6)2-3-13-9-8(11)4-14-10(12)16-9/h4-5H,2-3H2,1H3,(H,13,14,16). The van der Waals surface area contributed by atoms with Crippen LogP contribution in [0.3, 0.4) is 0 Å². The molecule has 0 aliphatic carbocycles. The Morgan fingerprint density at radius 1 is 1.47 bits per heavy atom. The highest BCUT2D eigenvalue weighted by Gasteiger charge is 2.04. The zero-order valence-electron chi connectivity index (χ0n) is 9.07. The number of rotatable bonds is 4. The number of hydrogen-bond donors (Lipinski definition) is 1. The van der Waals surface area contributed by atoms with E-state index < -0.39 is 0 Å². The van der Waals surface area contributed by atoms with Gasteiger partial charge >= 0.3 is 0 Å². The summed E-state index contributed by atoms with van der Waals surface area (Å²) in [4.78, 5) is 12.3. The number of aryl methyl sites for hydroxylation is 1. The van der Waals surface area contributed by atoms with Crippen LogP contribution in [0.2, 0.25) is 5.28 Å². The van der Waals surface area contributed by atoms with Gasteiger partial charge in [0.15, 0.2) is 0 Å². The SMILES string of the molecule is Cc1nc(CCNc2nc(Cl)ncc2Br)cs1. The highest BCUT2D eigenvalue weighted by molar-refractivity contribution is 9.10. The van der Waals surface area contributed by atoms with Crippen molar-refractivity contribution in [2.24, 2.45) is 0 Å². The maximum absolute atomic E-state index is 5.72. The van der Waals surface area contributed by atoms with Crippen molar-refractivity contribution < 1.29 is 0 Å². The van der Waals surface area contributed by atoms with E-state index in [1.807, 2.05) is 6.92 Å². The summed E-state index contributed by atoms with van der Waals surface area (Å²) < 4.78 is 0.802. The lowest BCUT2D eigenvalue weighted by Gasteiger charge is -2.06. The normalized spacial score (nSPS) is 10.5. The fourth-order valence-electron chi connectivity index (χ4n) is 1.30. The van der Waals surface area contributed by atoms with Crippen molar-refractivity contribution in [3.8, 4) is 0 Å². The predicted octanol–water partition coefficient (Wildman–Crippen LogP) is 3.31. The van der Waals surface area contributed by atoms with Crippen LogP contribution in [0.1, 0.15) is 10.7 Å². The molecule has 0 aromatic carbocycles. The molecule has 2 aromatic rings. The number of anilines is 1. The topological polar surface area (TPSA) is 50.7 Å². The molecule has 7 heteroatoms. The molecule has 17 heavy (non-hydrogen) atoms. The van der Waals surface area contributed by atoms with Crippen LogP contribution in [-0.2, 0) is 6.42 Å². The van der Waals surface area contributed by atoms with Crippen molar-refractivity contribution in [3.63, 3.8) is 0 Å². The second-order valence-electron chi connectivity index (χ2n) is 3.37. The van der Waals surface area contributed by atoms with Crippen LogP contribution < -0.4 is 5.32 Å². The van der Waals surface area contributed by atoms with E-state index in [0.29, 0.717) is 5.82 Å². The first kappa shape index (κ1) is 12.7. The summed E-state index contributed by atoms with van der Waals surface area (Å²) in [6, 6.07) is 0. The summed E-state index contributed by atoms with van der Waals surface area (Å²) in [5, 5.41) is 6.59. The van der Waals surface area contributed by atoms with Crippen LogP contribution in [0.4, 0.5) is 5.82 Å². The Kier molecular flexibility index (Phi) is 4.31. The molecule has 0 aliphatic rings. The van der Waals surface area contributed by atoms with Gasteiger partial charge in [-0.15, -0.1) is 11.3 Å². The molecule has 90 valence electrons. The highest BCUT2D eigenvalue weighted by atomic mass is 79.9. The van der Waals surface area contributed by atoms with Crippen molar-refractivity contribution in [2.45, 2.75) is 13.3 Å². The molecule has 2 aromatic heterocycles. The van der Waals surface area contributed by atoms with Crippen LogP contribution in [0.5, 0.6) is 0 Å². The Hall–Kier alpha value is -0.720. The molecular formula is C10H10BrClN4S. The van der Waals surface area contributed by atoms with Crippen molar-refractivity contribution in [3.05, 3.63) is 32.0 Å². The number of aromatic nitrogens is 3. The fourth-order valence-corrected chi connectivity index (χ4v) is 2.41. The smallest absolute Gasteiger partial charge is 0.224 e. The van der Waals surface area contributed by atoms with Gasteiger partial charge in [-0.3, -0.25) is 0 Å². The lowest BCUT2D eigenvalue weighted by Crippen LogP contribution is -2.07. The second-order valence-corrected chi connectivity index (χ2v) is 5.62. The van der Waals surface area contributed by atoms with Gasteiger partial charge in [-0.25, -0.2) is 9.97 Å². The number of nitrogens with one attached hydrogen (secondary N) is 1. The first-order chi connectivity index (χ1) is 8.15. The molecular weight excluding hydrogens is 324 g/mol. The average Bonchev–Trinajstić information content (AvgIpc) is 2.69. The Bertz CT molecular complexity index is 517. The minimum Gasteiger partial charge on any atom is -0.369 e. The van der Waals surface area contributed by atoms with Gasteiger partial charge in [0, 0.05) is 24.5 Å². The minimum absolute atomic E-state index is 0.236. The summed E-state index contributed by atoms with van der Waals surface area (Å²) in [7, 11) is 0. The lowest BCUT2D eigenvalue weighted by molar-refractivity contribution is 0.955. The van der Waals surface area contributed by atoms with Gasteiger partial charge < -0.3 is 5.32 Å². The molecule has 0 radical (unpaired) electrons. The van der Waals surface area contributed by atoms with Gasteiger partial charge in [-0.05, 0) is 34.5 Å². The third-order valence-corrected chi connectivity index (χ3v) is 3.64. The van der Waals surface area contributed by atoms with Crippen molar-refractivity contribution in [1.82, 2.24) is 15.0 Å².